The van der Waals surface area contributed by atoms with Crippen molar-refractivity contribution in [2.24, 2.45) is 0 Å². The van der Waals surface area contributed by atoms with Crippen LogP contribution < -0.4 is 10.6 Å². The molecule has 3 heterocycles. The number of pyridine rings is 1. The smallest absolute Gasteiger partial charge is 0.259 e. The molecular formula is C13H13N5O. The van der Waals surface area contributed by atoms with Gasteiger partial charge in [-0.3, -0.25) is 9.78 Å². The van der Waals surface area contributed by atoms with E-state index in [-0.39, 0.29) is 5.91 Å². The highest BCUT2D eigenvalue weighted by Crippen LogP contribution is 2.28. The Morgan fingerprint density at radius 3 is 3.16 bits per heavy atom. The predicted octanol–water partition coefficient (Wildman–Crippen LogP) is 1.70. The monoisotopic (exact) mass is 255 g/mol. The van der Waals surface area contributed by atoms with Crippen LogP contribution in [0.4, 0.5) is 11.5 Å². The second-order valence-electron chi connectivity index (χ2n) is 4.09. The van der Waals surface area contributed by atoms with Crippen molar-refractivity contribution < 1.29 is 4.79 Å². The van der Waals surface area contributed by atoms with Gasteiger partial charge >= 0.3 is 0 Å². The third-order valence-corrected chi connectivity index (χ3v) is 2.94. The van der Waals surface area contributed by atoms with Crippen molar-refractivity contribution >= 4 is 23.0 Å². The van der Waals surface area contributed by atoms with Gasteiger partial charge in [-0.2, -0.15) is 5.10 Å². The van der Waals surface area contributed by atoms with Gasteiger partial charge in [-0.05, 0) is 19.1 Å². The minimum Gasteiger partial charge on any atom is -0.346 e. The van der Waals surface area contributed by atoms with Crippen LogP contribution in [-0.4, -0.2) is 20.7 Å². The molecule has 0 aliphatic carbocycles. The van der Waals surface area contributed by atoms with E-state index in [0.717, 1.165) is 18.1 Å². The SMILES string of the molecule is CCn1nccc1N/C=C1/C(=O)Nc2cccnc21. The molecule has 2 aromatic rings. The lowest BCUT2D eigenvalue weighted by molar-refractivity contribution is -0.110. The number of amides is 1. The Hall–Kier alpha value is -2.63. The third kappa shape index (κ3) is 1.97. The van der Waals surface area contributed by atoms with Crippen LogP contribution in [0.3, 0.4) is 0 Å². The number of aromatic nitrogens is 3. The summed E-state index contributed by atoms with van der Waals surface area (Å²) in [4.78, 5) is 16.1. The summed E-state index contributed by atoms with van der Waals surface area (Å²) in [7, 11) is 0. The molecule has 0 fully saturated rings. The van der Waals surface area contributed by atoms with Gasteiger partial charge in [-0.1, -0.05) is 0 Å². The molecule has 0 saturated carbocycles. The summed E-state index contributed by atoms with van der Waals surface area (Å²) in [5, 5.41) is 10.0. The summed E-state index contributed by atoms with van der Waals surface area (Å²) in [5.74, 6) is 0.691. The van der Waals surface area contributed by atoms with Crippen LogP contribution in [0.15, 0.2) is 36.8 Å². The lowest BCUT2D eigenvalue weighted by atomic mass is 10.2. The fourth-order valence-electron chi connectivity index (χ4n) is 2.01. The fourth-order valence-corrected chi connectivity index (χ4v) is 2.01. The van der Waals surface area contributed by atoms with Crippen molar-refractivity contribution in [1.29, 1.82) is 0 Å². The van der Waals surface area contributed by atoms with Gasteiger partial charge in [0, 0.05) is 25.0 Å². The van der Waals surface area contributed by atoms with Crippen molar-refractivity contribution in [2.45, 2.75) is 13.5 Å². The van der Waals surface area contributed by atoms with Gasteiger partial charge in [-0.15, -0.1) is 0 Å². The molecule has 0 aromatic carbocycles. The van der Waals surface area contributed by atoms with Gasteiger partial charge in [0.25, 0.3) is 5.91 Å². The first-order valence-electron chi connectivity index (χ1n) is 6.05. The second-order valence-corrected chi connectivity index (χ2v) is 4.09. The number of carbonyl (C=O) groups excluding carboxylic acids is 1. The number of nitrogens with zero attached hydrogens (tertiary/aromatic N) is 3. The van der Waals surface area contributed by atoms with E-state index in [9.17, 15) is 4.79 Å². The highest BCUT2D eigenvalue weighted by Gasteiger charge is 2.24. The highest BCUT2D eigenvalue weighted by molar-refractivity contribution is 6.31. The number of fused-ring (bicyclic) bond motifs is 1. The van der Waals surface area contributed by atoms with Crippen molar-refractivity contribution in [3.05, 3.63) is 42.5 Å². The molecule has 0 unspecified atom stereocenters. The molecule has 0 bridgehead atoms. The second kappa shape index (κ2) is 4.56. The molecule has 6 nitrogen and oxygen atoms in total. The Kier molecular flexibility index (Phi) is 2.75. The first-order chi connectivity index (χ1) is 9.29. The van der Waals surface area contributed by atoms with E-state index in [1.165, 1.54) is 0 Å². The minimum absolute atomic E-state index is 0.149. The summed E-state index contributed by atoms with van der Waals surface area (Å²) in [6, 6.07) is 5.48. The quantitative estimate of drug-likeness (QED) is 0.819. The first kappa shape index (κ1) is 11.5. The maximum Gasteiger partial charge on any atom is 0.259 e. The average molecular weight is 255 g/mol. The number of hydrogen-bond acceptors (Lipinski definition) is 4. The van der Waals surface area contributed by atoms with Gasteiger partial charge in [0.1, 0.15) is 11.5 Å². The lowest BCUT2D eigenvalue weighted by Crippen LogP contribution is -2.07. The average Bonchev–Trinajstić information content (AvgIpc) is 2.99. The molecule has 0 atom stereocenters. The van der Waals surface area contributed by atoms with Crippen molar-refractivity contribution in [1.82, 2.24) is 14.8 Å². The molecule has 0 radical (unpaired) electrons. The standard InChI is InChI=1S/C13H13N5O/c1-2-18-11(5-7-16-18)15-8-9-12-10(17-13(9)19)4-3-6-14-12/h3-8,15H,2H2,1H3,(H,17,19)/b9-8+. The van der Waals surface area contributed by atoms with E-state index in [1.807, 2.05) is 23.7 Å². The molecule has 19 heavy (non-hydrogen) atoms. The molecule has 1 aliphatic heterocycles. The van der Waals surface area contributed by atoms with Gasteiger partial charge < -0.3 is 10.6 Å². The van der Waals surface area contributed by atoms with Crippen LogP contribution >= 0.6 is 0 Å². The summed E-state index contributed by atoms with van der Waals surface area (Å²) in [6.07, 6.45) is 5.05. The van der Waals surface area contributed by atoms with Crippen LogP contribution in [0.2, 0.25) is 0 Å². The Labute approximate surface area is 110 Å². The Balaban J connectivity index is 1.90. The maximum atomic E-state index is 11.9. The van der Waals surface area contributed by atoms with E-state index in [1.54, 1.807) is 24.7 Å². The molecular weight excluding hydrogens is 242 g/mol. The fraction of sp³-hybridized carbons (Fsp3) is 0.154. The summed E-state index contributed by atoms with van der Waals surface area (Å²) >= 11 is 0. The summed E-state index contributed by atoms with van der Waals surface area (Å²) in [5.41, 5.74) is 1.94. The normalized spacial score (nSPS) is 15.4. The molecule has 96 valence electrons. The summed E-state index contributed by atoms with van der Waals surface area (Å²) < 4.78 is 1.81. The first-order valence-corrected chi connectivity index (χ1v) is 6.05. The van der Waals surface area contributed by atoms with Gasteiger partial charge in [-0.25, -0.2) is 4.68 Å². The van der Waals surface area contributed by atoms with Crippen molar-refractivity contribution in [3.8, 4) is 0 Å². The van der Waals surface area contributed by atoms with E-state index in [2.05, 4.69) is 20.7 Å². The van der Waals surface area contributed by atoms with Crippen LogP contribution in [-0.2, 0) is 11.3 Å². The molecule has 0 spiro atoms. The molecule has 0 saturated heterocycles. The molecule has 3 rings (SSSR count). The zero-order valence-electron chi connectivity index (χ0n) is 10.4. The number of carbonyl (C=O) groups is 1. The van der Waals surface area contributed by atoms with Crippen LogP contribution in [0.5, 0.6) is 0 Å². The van der Waals surface area contributed by atoms with Crippen LogP contribution in [0.25, 0.3) is 5.57 Å². The van der Waals surface area contributed by atoms with Gasteiger partial charge in [0.05, 0.1) is 17.5 Å². The zero-order valence-corrected chi connectivity index (χ0v) is 10.4. The number of anilines is 2. The highest BCUT2D eigenvalue weighted by atomic mass is 16.2. The van der Waals surface area contributed by atoms with E-state index >= 15 is 0 Å². The van der Waals surface area contributed by atoms with Crippen molar-refractivity contribution in [2.75, 3.05) is 10.6 Å². The largest absolute Gasteiger partial charge is 0.346 e. The number of nitrogens with one attached hydrogen (secondary N) is 2. The maximum absolute atomic E-state index is 11.9. The summed E-state index contributed by atoms with van der Waals surface area (Å²) in [6.45, 7) is 2.77. The topological polar surface area (TPSA) is 71.8 Å². The molecule has 2 N–H and O–H groups in total. The van der Waals surface area contributed by atoms with Gasteiger partial charge in [0.2, 0.25) is 0 Å². The van der Waals surface area contributed by atoms with E-state index in [4.69, 9.17) is 0 Å². The number of rotatable bonds is 3. The predicted molar refractivity (Wildman–Crippen MR) is 72.4 cm³/mol. The zero-order chi connectivity index (χ0) is 13.2. The van der Waals surface area contributed by atoms with E-state index < -0.39 is 0 Å². The lowest BCUT2D eigenvalue weighted by Gasteiger charge is -2.04. The molecule has 1 amide bonds. The molecule has 1 aliphatic rings. The van der Waals surface area contributed by atoms with Crippen molar-refractivity contribution in [3.63, 3.8) is 0 Å². The van der Waals surface area contributed by atoms with Gasteiger partial charge in [0.15, 0.2) is 0 Å². The Morgan fingerprint density at radius 1 is 1.42 bits per heavy atom. The van der Waals surface area contributed by atoms with Crippen LogP contribution in [0.1, 0.15) is 12.6 Å². The van der Waals surface area contributed by atoms with Crippen LogP contribution in [0, 0.1) is 0 Å². The number of aryl methyl sites for hydroxylation is 1. The number of hydrogen-bond donors (Lipinski definition) is 2. The van der Waals surface area contributed by atoms with E-state index in [0.29, 0.717) is 11.3 Å². The minimum atomic E-state index is -0.149. The Bertz CT molecular complexity index is 659. The third-order valence-electron chi connectivity index (χ3n) is 2.94. The Morgan fingerprint density at radius 2 is 2.32 bits per heavy atom. The molecule has 2 aromatic heterocycles. The molecule has 6 heteroatoms.